The zero-order chi connectivity index (χ0) is 68.6. The summed E-state index contributed by atoms with van der Waals surface area (Å²) < 4.78 is 68.5. The summed E-state index contributed by atoms with van der Waals surface area (Å²) in [5.74, 6) is -0.568. The highest BCUT2D eigenvalue weighted by Gasteiger charge is 2.30. The Morgan fingerprint density at radius 1 is 0.290 bits per heavy atom. The van der Waals surface area contributed by atoms with E-state index >= 15 is 0 Å². The number of carbonyl (C=O) groups excluding carboxylic acids is 4. The number of aliphatic hydroxyl groups is 1. The molecule has 552 valence electrons. The zero-order valence-electron chi connectivity index (χ0n) is 60.6. The van der Waals surface area contributed by atoms with Crippen molar-refractivity contribution >= 4 is 39.5 Å². The summed E-state index contributed by atoms with van der Waals surface area (Å²) in [5.41, 5.74) is 0. The van der Waals surface area contributed by atoms with Gasteiger partial charge in [0.25, 0.3) is 0 Å². The van der Waals surface area contributed by atoms with Crippen LogP contribution in [0.3, 0.4) is 0 Å². The average Bonchev–Trinajstić information content (AvgIpc) is 3.53. The molecule has 0 aliphatic rings. The highest BCUT2D eigenvalue weighted by Crippen LogP contribution is 2.45. The third kappa shape index (κ3) is 68.4. The molecule has 17 nitrogen and oxygen atoms in total. The van der Waals surface area contributed by atoms with Crippen molar-refractivity contribution in [1.82, 2.24) is 0 Å². The van der Waals surface area contributed by atoms with Crippen LogP contribution in [0, 0.1) is 11.8 Å². The molecule has 0 aromatic carbocycles. The number of aliphatic hydroxyl groups excluding tert-OH is 1. The first-order chi connectivity index (χ1) is 44.9. The second kappa shape index (κ2) is 66.0. The van der Waals surface area contributed by atoms with Crippen LogP contribution in [0.25, 0.3) is 0 Å². The van der Waals surface area contributed by atoms with Crippen molar-refractivity contribution in [3.05, 3.63) is 0 Å². The SMILES string of the molecule is CCCCCCCCCCCCCCC(=O)OC[C@H](COP(=O)(O)OC[C@H](O)COP(=O)(O)OC[C@@H](COC(=O)CCCCCCCCCCCCCC(C)C)OC(=O)CCCCCCCCCCCCCCC(C)C)OC(=O)CCCCCCCCCCCCCC. The topological polar surface area (TPSA) is 237 Å². The molecule has 0 aliphatic carbocycles. The van der Waals surface area contributed by atoms with Gasteiger partial charge in [0.05, 0.1) is 26.4 Å². The summed E-state index contributed by atoms with van der Waals surface area (Å²) in [6.45, 7) is 9.60. The fourth-order valence-corrected chi connectivity index (χ4v) is 12.9. The molecule has 5 atom stereocenters. The Morgan fingerprint density at radius 2 is 0.495 bits per heavy atom. The van der Waals surface area contributed by atoms with E-state index in [-0.39, 0.29) is 25.7 Å². The predicted molar refractivity (Wildman–Crippen MR) is 377 cm³/mol. The number of esters is 4. The van der Waals surface area contributed by atoms with Gasteiger partial charge in [0.2, 0.25) is 0 Å². The number of carbonyl (C=O) groups is 4. The molecule has 0 radical (unpaired) electrons. The van der Waals surface area contributed by atoms with E-state index in [2.05, 4.69) is 41.5 Å². The largest absolute Gasteiger partial charge is 0.472 e. The summed E-state index contributed by atoms with van der Waals surface area (Å²) in [6, 6.07) is 0. The summed E-state index contributed by atoms with van der Waals surface area (Å²) in [6.07, 6.45) is 52.5. The molecule has 3 N–H and O–H groups in total. The second-order valence-corrected chi connectivity index (χ2v) is 30.5. The monoisotopic (exact) mass is 1370 g/mol. The Labute approximate surface area is 568 Å². The van der Waals surface area contributed by atoms with Crippen molar-refractivity contribution in [2.24, 2.45) is 11.8 Å². The van der Waals surface area contributed by atoms with E-state index in [1.54, 1.807) is 0 Å². The molecule has 19 heteroatoms. The van der Waals surface area contributed by atoms with Gasteiger partial charge < -0.3 is 33.8 Å². The fourth-order valence-electron chi connectivity index (χ4n) is 11.3. The molecular weight excluding hydrogens is 1220 g/mol. The van der Waals surface area contributed by atoms with Crippen molar-refractivity contribution in [3.8, 4) is 0 Å². The van der Waals surface area contributed by atoms with Crippen molar-refractivity contribution in [2.75, 3.05) is 39.6 Å². The standard InChI is InChI=1S/C74H144O17P2/c1-7-9-11-13-15-17-19-26-32-38-44-50-56-71(76)84-62-69(90-73(78)58-52-46-40-34-27-20-18-16-14-12-10-8-2)64-88-92(80,81)86-60-68(75)61-87-93(82,83)89-65-70(63-85-72(77)57-51-45-39-33-29-23-25-31-37-43-49-55-67(5)6)91-74(79)59-53-47-41-35-28-22-21-24-30-36-42-48-54-66(3)4/h66-70,75H,7-65H2,1-6H3,(H,80,81)(H,82,83)/t68-,69+,70+/m0/s1. The molecule has 0 saturated carbocycles. The molecule has 0 heterocycles. The molecule has 0 aliphatic heterocycles. The first-order valence-electron chi connectivity index (χ1n) is 38.5. The summed E-state index contributed by atoms with van der Waals surface area (Å²) in [4.78, 5) is 72.7. The number of unbranched alkanes of at least 4 members (excludes halogenated alkanes) is 43. The van der Waals surface area contributed by atoms with Crippen molar-refractivity contribution in [3.63, 3.8) is 0 Å². The highest BCUT2D eigenvalue weighted by molar-refractivity contribution is 7.47. The van der Waals surface area contributed by atoms with Gasteiger partial charge in [-0.2, -0.15) is 0 Å². The van der Waals surface area contributed by atoms with E-state index in [1.807, 2.05) is 0 Å². The van der Waals surface area contributed by atoms with Crippen molar-refractivity contribution < 1.29 is 80.2 Å². The lowest BCUT2D eigenvalue weighted by Crippen LogP contribution is -2.30. The Morgan fingerprint density at radius 3 is 0.731 bits per heavy atom. The first-order valence-corrected chi connectivity index (χ1v) is 41.5. The van der Waals surface area contributed by atoms with Gasteiger partial charge in [-0.3, -0.25) is 37.3 Å². The number of ether oxygens (including phenoxy) is 4. The van der Waals surface area contributed by atoms with E-state index in [4.69, 9.17) is 37.0 Å². The van der Waals surface area contributed by atoms with Gasteiger partial charge in [0.15, 0.2) is 12.2 Å². The van der Waals surface area contributed by atoms with Gasteiger partial charge in [-0.05, 0) is 37.5 Å². The minimum Gasteiger partial charge on any atom is -0.462 e. The normalized spacial score (nSPS) is 14.1. The maximum absolute atomic E-state index is 13.1. The maximum Gasteiger partial charge on any atom is 0.472 e. The van der Waals surface area contributed by atoms with Crippen LogP contribution in [0.2, 0.25) is 0 Å². The number of phosphoric ester groups is 2. The fraction of sp³-hybridized carbons (Fsp3) is 0.946. The molecule has 0 aromatic rings. The van der Waals surface area contributed by atoms with Crippen LogP contribution >= 0.6 is 15.6 Å². The Bertz CT molecular complexity index is 1800. The minimum absolute atomic E-state index is 0.107. The Kier molecular flexibility index (Phi) is 64.6. The third-order valence-corrected chi connectivity index (χ3v) is 19.1. The van der Waals surface area contributed by atoms with Crippen LogP contribution in [0.15, 0.2) is 0 Å². The first kappa shape index (κ1) is 91.1. The molecule has 0 bridgehead atoms. The molecule has 0 rings (SSSR count). The van der Waals surface area contributed by atoms with Crippen LogP contribution in [-0.2, 0) is 65.4 Å². The third-order valence-electron chi connectivity index (χ3n) is 17.2. The van der Waals surface area contributed by atoms with Gasteiger partial charge in [-0.15, -0.1) is 0 Å². The van der Waals surface area contributed by atoms with E-state index < -0.39 is 97.5 Å². The van der Waals surface area contributed by atoms with E-state index in [9.17, 15) is 43.2 Å². The molecule has 93 heavy (non-hydrogen) atoms. The predicted octanol–water partition coefficient (Wildman–Crippen LogP) is 21.6. The lowest BCUT2D eigenvalue weighted by molar-refractivity contribution is -0.161. The molecular formula is C74H144O17P2. The number of hydrogen-bond donors (Lipinski definition) is 3. The van der Waals surface area contributed by atoms with Gasteiger partial charge >= 0.3 is 39.5 Å². The Balaban J connectivity index is 5.26. The molecule has 0 spiro atoms. The van der Waals surface area contributed by atoms with E-state index in [0.717, 1.165) is 102 Å². The quantitative estimate of drug-likeness (QED) is 0.0222. The number of hydrogen-bond acceptors (Lipinski definition) is 15. The lowest BCUT2D eigenvalue weighted by atomic mass is 10.0. The van der Waals surface area contributed by atoms with Crippen molar-refractivity contribution in [1.29, 1.82) is 0 Å². The zero-order valence-corrected chi connectivity index (χ0v) is 62.3. The van der Waals surface area contributed by atoms with Crippen molar-refractivity contribution in [2.45, 2.75) is 400 Å². The summed E-state index contributed by atoms with van der Waals surface area (Å²) in [5, 5.41) is 10.6. The molecule has 2 unspecified atom stereocenters. The van der Waals surface area contributed by atoms with Gasteiger partial charge in [0, 0.05) is 25.7 Å². The van der Waals surface area contributed by atoms with Gasteiger partial charge in [-0.25, -0.2) is 9.13 Å². The molecule has 0 amide bonds. The summed E-state index contributed by atoms with van der Waals surface area (Å²) >= 11 is 0. The maximum atomic E-state index is 13.1. The Hall–Kier alpha value is -1.94. The second-order valence-electron chi connectivity index (χ2n) is 27.6. The smallest absolute Gasteiger partial charge is 0.462 e. The van der Waals surface area contributed by atoms with E-state index in [0.29, 0.717) is 25.7 Å². The van der Waals surface area contributed by atoms with Gasteiger partial charge in [0.1, 0.15) is 19.3 Å². The average molecular weight is 1370 g/mol. The van der Waals surface area contributed by atoms with Gasteiger partial charge in [-0.1, -0.05) is 330 Å². The van der Waals surface area contributed by atoms with Crippen LogP contribution in [0.4, 0.5) is 0 Å². The highest BCUT2D eigenvalue weighted by atomic mass is 31.2. The molecule has 0 saturated heterocycles. The summed E-state index contributed by atoms with van der Waals surface area (Å²) in [7, 11) is -9.91. The van der Waals surface area contributed by atoms with Crippen LogP contribution in [0.5, 0.6) is 0 Å². The minimum atomic E-state index is -4.96. The van der Waals surface area contributed by atoms with Crippen LogP contribution in [0.1, 0.15) is 382 Å². The van der Waals surface area contributed by atoms with Crippen LogP contribution in [-0.4, -0.2) is 96.7 Å². The van der Waals surface area contributed by atoms with E-state index in [1.165, 1.54) is 199 Å². The molecule has 0 aromatic heterocycles. The van der Waals surface area contributed by atoms with Crippen LogP contribution < -0.4 is 0 Å². The molecule has 0 fully saturated rings. The number of phosphoric acid groups is 2. The lowest BCUT2D eigenvalue weighted by Gasteiger charge is -2.21. The number of rotatable bonds is 73.